The fraction of sp³-hybridized carbons (Fsp3) is 0.227. The number of aromatic nitrogens is 1. The van der Waals surface area contributed by atoms with Gasteiger partial charge in [0.2, 0.25) is 0 Å². The number of hydrogen-bond donors (Lipinski definition) is 1. The number of methoxy groups -OCH3 is 2. The maximum Gasteiger partial charge on any atom is 0.273 e. The summed E-state index contributed by atoms with van der Waals surface area (Å²) < 4.78 is 16.7. The van der Waals surface area contributed by atoms with Crippen LogP contribution in [-0.2, 0) is 9.63 Å². The fourth-order valence-electron chi connectivity index (χ4n) is 2.69. The largest absolute Gasteiger partial charge is 0.493 e. The molecule has 0 saturated carbocycles. The topological polar surface area (TPSA) is 91.3 Å². The molecular weight excluding hydrogens is 386 g/mol. The molecule has 3 rings (SSSR count). The minimum atomic E-state index is -0.335. The van der Waals surface area contributed by atoms with E-state index in [9.17, 15) is 4.79 Å². The Morgan fingerprint density at radius 3 is 2.40 bits per heavy atom. The molecule has 0 aliphatic heterocycles. The van der Waals surface area contributed by atoms with Gasteiger partial charge >= 0.3 is 0 Å². The van der Waals surface area contributed by atoms with Gasteiger partial charge in [-0.05, 0) is 50.2 Å². The van der Waals surface area contributed by atoms with Gasteiger partial charge in [-0.1, -0.05) is 5.16 Å². The summed E-state index contributed by atoms with van der Waals surface area (Å²) in [7, 11) is 3.16. The highest BCUT2D eigenvalue weighted by Gasteiger charge is 2.12. The van der Waals surface area contributed by atoms with Crippen LogP contribution in [0.1, 0.15) is 13.8 Å². The van der Waals surface area contributed by atoms with E-state index in [4.69, 9.17) is 19.0 Å². The molecule has 0 aliphatic carbocycles. The number of pyridine rings is 1. The molecule has 2 aromatic carbocycles. The van der Waals surface area contributed by atoms with E-state index in [2.05, 4.69) is 15.5 Å². The minimum absolute atomic E-state index is 0.241. The molecule has 8 nitrogen and oxygen atoms in total. The van der Waals surface area contributed by atoms with E-state index in [1.54, 1.807) is 70.7 Å². The number of hydrogen-bond acceptors (Lipinski definition) is 7. The molecule has 30 heavy (non-hydrogen) atoms. The first-order valence-electron chi connectivity index (χ1n) is 9.32. The third kappa shape index (κ3) is 4.78. The lowest BCUT2D eigenvalue weighted by Gasteiger charge is -2.12. The molecule has 0 fully saturated rings. The van der Waals surface area contributed by atoms with Crippen LogP contribution in [0.15, 0.2) is 53.8 Å². The smallest absolute Gasteiger partial charge is 0.273 e. The van der Waals surface area contributed by atoms with E-state index in [-0.39, 0.29) is 11.6 Å². The molecule has 1 amide bonds. The molecule has 0 spiro atoms. The van der Waals surface area contributed by atoms with Crippen LogP contribution in [0.2, 0.25) is 0 Å². The van der Waals surface area contributed by atoms with Crippen LogP contribution < -0.4 is 19.5 Å². The van der Waals surface area contributed by atoms with E-state index in [1.165, 1.54) is 0 Å². The molecule has 0 atom stereocenters. The summed E-state index contributed by atoms with van der Waals surface area (Å²) in [5.74, 6) is 2.08. The van der Waals surface area contributed by atoms with E-state index < -0.39 is 0 Å². The predicted molar refractivity (Wildman–Crippen MR) is 115 cm³/mol. The van der Waals surface area contributed by atoms with Gasteiger partial charge in [0, 0.05) is 23.3 Å². The number of amides is 1. The Hall–Kier alpha value is -3.81. The number of carbonyl (C=O) groups excluding carboxylic acids is 1. The van der Waals surface area contributed by atoms with Crippen LogP contribution in [0.25, 0.3) is 10.9 Å². The first-order chi connectivity index (χ1) is 14.5. The average molecular weight is 409 g/mol. The van der Waals surface area contributed by atoms with Gasteiger partial charge in [-0.15, -0.1) is 0 Å². The standard InChI is InChI=1S/C22H23N3O5/c1-5-29-25-14(2)22(26)24-15-6-8-16(9-7-15)30-19-10-11-23-18-13-21(28-4)20(27-3)12-17(18)19/h6-13H,5H2,1-4H3,(H,24,26)/b25-14+. The van der Waals surface area contributed by atoms with Gasteiger partial charge < -0.3 is 24.4 Å². The van der Waals surface area contributed by atoms with Crippen LogP contribution in [0, 0.1) is 0 Å². The molecule has 0 aliphatic rings. The second-order valence-corrected chi connectivity index (χ2v) is 6.21. The van der Waals surface area contributed by atoms with E-state index in [1.807, 2.05) is 6.07 Å². The predicted octanol–water partition coefficient (Wildman–Crippen LogP) is 4.40. The summed E-state index contributed by atoms with van der Waals surface area (Å²) in [5, 5.41) is 7.26. The van der Waals surface area contributed by atoms with Crippen molar-refractivity contribution in [3.8, 4) is 23.0 Å². The number of carbonyl (C=O) groups is 1. The van der Waals surface area contributed by atoms with Crippen molar-refractivity contribution in [2.45, 2.75) is 13.8 Å². The Labute approximate surface area is 174 Å². The number of rotatable bonds is 8. The molecule has 1 aromatic heterocycles. The Bertz CT molecular complexity index is 1060. The summed E-state index contributed by atoms with van der Waals surface area (Å²) in [4.78, 5) is 21.3. The van der Waals surface area contributed by atoms with Crippen molar-refractivity contribution in [3.63, 3.8) is 0 Å². The molecule has 1 N–H and O–H groups in total. The van der Waals surface area contributed by atoms with Crippen molar-refractivity contribution in [2.24, 2.45) is 5.16 Å². The van der Waals surface area contributed by atoms with E-state index in [0.717, 1.165) is 10.9 Å². The lowest BCUT2D eigenvalue weighted by molar-refractivity contribution is -0.110. The molecule has 8 heteroatoms. The highest BCUT2D eigenvalue weighted by molar-refractivity contribution is 6.42. The number of nitrogens with zero attached hydrogens (tertiary/aromatic N) is 2. The normalized spacial score (nSPS) is 11.1. The minimum Gasteiger partial charge on any atom is -0.493 e. The second kappa shape index (κ2) is 9.60. The van der Waals surface area contributed by atoms with Crippen molar-refractivity contribution < 1.29 is 23.8 Å². The van der Waals surface area contributed by atoms with E-state index in [0.29, 0.717) is 35.3 Å². The van der Waals surface area contributed by atoms with Crippen LogP contribution in [0.4, 0.5) is 5.69 Å². The maximum atomic E-state index is 12.1. The van der Waals surface area contributed by atoms with Crippen molar-refractivity contribution in [3.05, 3.63) is 48.7 Å². The number of ether oxygens (including phenoxy) is 3. The maximum absolute atomic E-state index is 12.1. The zero-order valence-corrected chi connectivity index (χ0v) is 17.3. The van der Waals surface area contributed by atoms with Gasteiger partial charge in [0.15, 0.2) is 11.5 Å². The Kier molecular flexibility index (Phi) is 6.69. The van der Waals surface area contributed by atoms with Gasteiger partial charge in [0.25, 0.3) is 5.91 Å². The summed E-state index contributed by atoms with van der Waals surface area (Å²) in [5.41, 5.74) is 1.58. The lowest BCUT2D eigenvalue weighted by Crippen LogP contribution is -2.20. The molecular formula is C22H23N3O5. The summed E-state index contributed by atoms with van der Waals surface area (Å²) >= 11 is 0. The molecule has 1 heterocycles. The zero-order valence-electron chi connectivity index (χ0n) is 17.3. The van der Waals surface area contributed by atoms with E-state index >= 15 is 0 Å². The van der Waals surface area contributed by atoms with Crippen LogP contribution in [-0.4, -0.2) is 37.4 Å². The summed E-state index contributed by atoms with van der Waals surface area (Å²) in [6, 6.07) is 12.4. The van der Waals surface area contributed by atoms with Gasteiger partial charge in [0.05, 0.1) is 19.7 Å². The Balaban J connectivity index is 1.78. The number of benzene rings is 2. The average Bonchev–Trinajstić information content (AvgIpc) is 2.77. The van der Waals surface area contributed by atoms with Gasteiger partial charge in [-0.2, -0.15) is 0 Å². The molecule has 0 bridgehead atoms. The molecule has 0 radical (unpaired) electrons. The molecule has 156 valence electrons. The molecule has 0 saturated heterocycles. The lowest BCUT2D eigenvalue weighted by atomic mass is 10.2. The number of fused-ring (bicyclic) bond motifs is 1. The van der Waals surface area contributed by atoms with Crippen molar-refractivity contribution >= 4 is 28.2 Å². The van der Waals surface area contributed by atoms with Crippen LogP contribution in [0.5, 0.6) is 23.0 Å². The Morgan fingerprint density at radius 2 is 1.73 bits per heavy atom. The Morgan fingerprint density at radius 1 is 1.03 bits per heavy atom. The zero-order chi connectivity index (χ0) is 21.5. The fourth-order valence-corrected chi connectivity index (χ4v) is 2.69. The van der Waals surface area contributed by atoms with Crippen LogP contribution >= 0.6 is 0 Å². The number of nitrogens with one attached hydrogen (secondary N) is 1. The summed E-state index contributed by atoms with van der Waals surface area (Å²) in [6.45, 7) is 3.78. The first kappa shape index (κ1) is 20.9. The van der Waals surface area contributed by atoms with Crippen molar-refractivity contribution in [2.75, 3.05) is 26.1 Å². The monoisotopic (exact) mass is 409 g/mol. The molecule has 3 aromatic rings. The molecule has 0 unspecified atom stereocenters. The first-order valence-corrected chi connectivity index (χ1v) is 9.32. The number of anilines is 1. The van der Waals surface area contributed by atoms with Crippen molar-refractivity contribution in [1.29, 1.82) is 0 Å². The summed E-state index contributed by atoms with van der Waals surface area (Å²) in [6.07, 6.45) is 1.67. The number of oxime groups is 1. The quantitative estimate of drug-likeness (QED) is 0.438. The van der Waals surface area contributed by atoms with Gasteiger partial charge in [-0.3, -0.25) is 9.78 Å². The van der Waals surface area contributed by atoms with Crippen molar-refractivity contribution in [1.82, 2.24) is 4.98 Å². The SMILES string of the molecule is CCO/N=C(\C)C(=O)Nc1ccc(Oc2ccnc3cc(OC)c(OC)cc23)cc1. The highest BCUT2D eigenvalue weighted by Crippen LogP contribution is 2.36. The van der Waals surface area contributed by atoms with Crippen LogP contribution in [0.3, 0.4) is 0 Å². The third-order valence-electron chi connectivity index (χ3n) is 4.21. The highest BCUT2D eigenvalue weighted by atomic mass is 16.6. The third-order valence-corrected chi connectivity index (χ3v) is 4.21. The second-order valence-electron chi connectivity index (χ2n) is 6.21. The van der Waals surface area contributed by atoms with Gasteiger partial charge in [0.1, 0.15) is 23.8 Å². The van der Waals surface area contributed by atoms with Gasteiger partial charge in [-0.25, -0.2) is 0 Å².